The molecule has 0 bridgehead atoms. The highest BCUT2D eigenvalue weighted by Gasteiger charge is 2.16. The van der Waals surface area contributed by atoms with Gasteiger partial charge in [-0.1, -0.05) is 35.3 Å². The van der Waals surface area contributed by atoms with E-state index in [-0.39, 0.29) is 12.5 Å². The SMILES string of the molecule is Cc1ccc(CO)cc1NC(=O)c1cc(Cl)c(Cl)n1C. The lowest BCUT2D eigenvalue weighted by molar-refractivity contribution is 0.101. The minimum atomic E-state index is -0.306. The van der Waals surface area contributed by atoms with E-state index in [1.807, 2.05) is 13.0 Å². The Morgan fingerprint density at radius 3 is 2.60 bits per heavy atom. The van der Waals surface area contributed by atoms with Crippen molar-refractivity contribution in [3.8, 4) is 0 Å². The zero-order valence-electron chi connectivity index (χ0n) is 11.1. The molecule has 0 aliphatic rings. The number of carbonyl (C=O) groups is 1. The van der Waals surface area contributed by atoms with Gasteiger partial charge in [-0.3, -0.25) is 4.79 Å². The van der Waals surface area contributed by atoms with Crippen LogP contribution in [0.25, 0.3) is 0 Å². The predicted octanol–water partition coefficient (Wildman–Crippen LogP) is 3.38. The van der Waals surface area contributed by atoms with Crippen LogP contribution < -0.4 is 5.32 Å². The van der Waals surface area contributed by atoms with Crippen molar-refractivity contribution in [3.05, 3.63) is 51.3 Å². The van der Waals surface area contributed by atoms with Gasteiger partial charge in [0.25, 0.3) is 5.91 Å². The van der Waals surface area contributed by atoms with Gasteiger partial charge in [-0.15, -0.1) is 0 Å². The third kappa shape index (κ3) is 2.82. The maximum Gasteiger partial charge on any atom is 0.272 e. The fraction of sp³-hybridized carbons (Fsp3) is 0.214. The van der Waals surface area contributed by atoms with E-state index in [0.29, 0.717) is 21.6 Å². The quantitative estimate of drug-likeness (QED) is 0.912. The molecule has 4 nitrogen and oxygen atoms in total. The Morgan fingerprint density at radius 2 is 2.05 bits per heavy atom. The van der Waals surface area contributed by atoms with Crippen LogP contribution in [0.2, 0.25) is 10.2 Å². The first-order chi connectivity index (χ1) is 9.43. The average Bonchev–Trinajstić information content (AvgIpc) is 2.69. The lowest BCUT2D eigenvalue weighted by atomic mass is 10.1. The Morgan fingerprint density at radius 1 is 1.35 bits per heavy atom. The molecule has 1 aromatic heterocycles. The van der Waals surface area contributed by atoms with Crippen LogP contribution in [-0.2, 0) is 13.7 Å². The molecule has 0 radical (unpaired) electrons. The zero-order valence-corrected chi connectivity index (χ0v) is 12.6. The van der Waals surface area contributed by atoms with E-state index in [4.69, 9.17) is 28.3 Å². The fourth-order valence-corrected chi connectivity index (χ4v) is 2.22. The first-order valence-electron chi connectivity index (χ1n) is 5.96. The Hall–Kier alpha value is -1.49. The first kappa shape index (κ1) is 14.9. The number of aliphatic hydroxyl groups is 1. The molecule has 1 heterocycles. The minimum Gasteiger partial charge on any atom is -0.392 e. The maximum absolute atomic E-state index is 12.2. The monoisotopic (exact) mass is 312 g/mol. The Bertz CT molecular complexity index is 665. The molecule has 1 aromatic carbocycles. The van der Waals surface area contributed by atoms with E-state index in [1.54, 1.807) is 19.2 Å². The average molecular weight is 313 g/mol. The van der Waals surface area contributed by atoms with Crippen molar-refractivity contribution in [1.82, 2.24) is 4.57 Å². The number of aliphatic hydroxyl groups excluding tert-OH is 1. The standard InChI is InChI=1S/C14H14Cl2N2O2/c1-8-3-4-9(7-19)5-11(8)17-14(20)12-6-10(15)13(16)18(12)2/h3-6,19H,7H2,1-2H3,(H,17,20). The van der Waals surface area contributed by atoms with Crippen LogP contribution in [0.3, 0.4) is 0 Å². The Kier molecular flexibility index (Phi) is 4.38. The molecular formula is C14H14Cl2N2O2. The van der Waals surface area contributed by atoms with Crippen LogP contribution in [-0.4, -0.2) is 15.6 Å². The van der Waals surface area contributed by atoms with E-state index in [0.717, 1.165) is 11.1 Å². The highest BCUT2D eigenvalue weighted by Crippen LogP contribution is 2.26. The number of hydrogen-bond donors (Lipinski definition) is 2. The Balaban J connectivity index is 2.30. The number of amides is 1. The molecule has 20 heavy (non-hydrogen) atoms. The third-order valence-corrected chi connectivity index (χ3v) is 3.92. The molecule has 0 aliphatic heterocycles. The maximum atomic E-state index is 12.2. The molecule has 0 atom stereocenters. The van der Waals surface area contributed by atoms with Gasteiger partial charge in [-0.05, 0) is 30.2 Å². The number of halogens is 2. The van der Waals surface area contributed by atoms with Crippen molar-refractivity contribution < 1.29 is 9.90 Å². The number of aryl methyl sites for hydroxylation is 1. The smallest absolute Gasteiger partial charge is 0.272 e. The summed E-state index contributed by atoms with van der Waals surface area (Å²) in [6.07, 6.45) is 0. The summed E-state index contributed by atoms with van der Waals surface area (Å²) in [5.41, 5.74) is 2.65. The molecule has 1 amide bonds. The number of aromatic nitrogens is 1. The molecule has 6 heteroatoms. The predicted molar refractivity (Wildman–Crippen MR) is 80.5 cm³/mol. The second-order valence-electron chi connectivity index (χ2n) is 4.49. The number of nitrogens with one attached hydrogen (secondary N) is 1. The fourth-order valence-electron chi connectivity index (χ4n) is 1.85. The number of benzene rings is 1. The van der Waals surface area contributed by atoms with E-state index in [1.165, 1.54) is 10.6 Å². The summed E-state index contributed by atoms with van der Waals surface area (Å²) in [5, 5.41) is 12.6. The highest BCUT2D eigenvalue weighted by molar-refractivity contribution is 6.42. The molecule has 2 aromatic rings. The van der Waals surface area contributed by atoms with Crippen molar-refractivity contribution >= 4 is 34.8 Å². The first-order valence-corrected chi connectivity index (χ1v) is 6.72. The zero-order chi connectivity index (χ0) is 14.9. The van der Waals surface area contributed by atoms with E-state index in [9.17, 15) is 4.79 Å². The van der Waals surface area contributed by atoms with Gasteiger partial charge in [0.2, 0.25) is 0 Å². The summed E-state index contributed by atoms with van der Waals surface area (Å²) in [6, 6.07) is 6.90. The molecule has 0 fully saturated rings. The summed E-state index contributed by atoms with van der Waals surface area (Å²) < 4.78 is 1.52. The van der Waals surface area contributed by atoms with Gasteiger partial charge in [0.15, 0.2) is 0 Å². The topological polar surface area (TPSA) is 54.3 Å². The van der Waals surface area contributed by atoms with Gasteiger partial charge in [-0.25, -0.2) is 0 Å². The van der Waals surface area contributed by atoms with Crippen molar-refractivity contribution in [3.63, 3.8) is 0 Å². The van der Waals surface area contributed by atoms with Gasteiger partial charge < -0.3 is 15.0 Å². The summed E-state index contributed by atoms with van der Waals surface area (Å²) in [7, 11) is 1.67. The number of rotatable bonds is 3. The van der Waals surface area contributed by atoms with Crippen LogP contribution in [0.15, 0.2) is 24.3 Å². The van der Waals surface area contributed by atoms with Crippen molar-refractivity contribution in [2.45, 2.75) is 13.5 Å². The number of hydrogen-bond acceptors (Lipinski definition) is 2. The van der Waals surface area contributed by atoms with Gasteiger partial charge in [0.05, 0.1) is 11.6 Å². The highest BCUT2D eigenvalue weighted by atomic mass is 35.5. The van der Waals surface area contributed by atoms with Crippen LogP contribution in [0.5, 0.6) is 0 Å². The van der Waals surface area contributed by atoms with Crippen LogP contribution in [0.1, 0.15) is 21.6 Å². The van der Waals surface area contributed by atoms with E-state index < -0.39 is 0 Å². The molecule has 0 spiro atoms. The molecule has 106 valence electrons. The Labute approximate surface area is 126 Å². The molecule has 0 saturated heterocycles. The molecule has 2 rings (SSSR count). The summed E-state index contributed by atoms with van der Waals surface area (Å²) in [5.74, 6) is -0.306. The van der Waals surface area contributed by atoms with Gasteiger partial charge >= 0.3 is 0 Å². The minimum absolute atomic E-state index is 0.0784. The normalized spacial score (nSPS) is 10.7. The largest absolute Gasteiger partial charge is 0.392 e. The lowest BCUT2D eigenvalue weighted by Crippen LogP contribution is -2.16. The third-order valence-electron chi connectivity index (χ3n) is 3.08. The van der Waals surface area contributed by atoms with Crippen LogP contribution in [0.4, 0.5) is 5.69 Å². The van der Waals surface area contributed by atoms with E-state index >= 15 is 0 Å². The summed E-state index contributed by atoms with van der Waals surface area (Å²) in [4.78, 5) is 12.2. The van der Waals surface area contributed by atoms with Crippen LogP contribution in [0, 0.1) is 6.92 Å². The second-order valence-corrected chi connectivity index (χ2v) is 5.25. The molecule has 2 N–H and O–H groups in total. The van der Waals surface area contributed by atoms with E-state index in [2.05, 4.69) is 5.32 Å². The molecule has 0 saturated carbocycles. The summed E-state index contributed by atoms with van der Waals surface area (Å²) in [6.45, 7) is 1.80. The molecule has 0 aliphatic carbocycles. The van der Waals surface area contributed by atoms with Gasteiger partial charge in [-0.2, -0.15) is 0 Å². The number of anilines is 1. The van der Waals surface area contributed by atoms with Crippen LogP contribution >= 0.6 is 23.2 Å². The van der Waals surface area contributed by atoms with Crippen molar-refractivity contribution in [1.29, 1.82) is 0 Å². The molecule has 0 unspecified atom stereocenters. The lowest BCUT2D eigenvalue weighted by Gasteiger charge is -2.10. The number of nitrogens with zero attached hydrogens (tertiary/aromatic N) is 1. The van der Waals surface area contributed by atoms with Crippen molar-refractivity contribution in [2.75, 3.05) is 5.32 Å². The van der Waals surface area contributed by atoms with Crippen molar-refractivity contribution in [2.24, 2.45) is 7.05 Å². The number of carbonyl (C=O) groups excluding carboxylic acids is 1. The van der Waals surface area contributed by atoms with Gasteiger partial charge in [0, 0.05) is 12.7 Å². The molecular weight excluding hydrogens is 299 g/mol. The second kappa shape index (κ2) is 5.87. The van der Waals surface area contributed by atoms with Gasteiger partial charge in [0.1, 0.15) is 10.8 Å². The summed E-state index contributed by atoms with van der Waals surface area (Å²) >= 11 is 11.8.